The number of benzene rings is 2. The highest BCUT2D eigenvalue weighted by Crippen LogP contribution is 2.44. The van der Waals surface area contributed by atoms with Crippen LogP contribution in [0.3, 0.4) is 0 Å². The number of alkyl halides is 6. The number of rotatable bonds is 5. The smallest absolute Gasteiger partial charge is 0.410 e. The second-order valence-electron chi connectivity index (χ2n) is 10.3. The van der Waals surface area contributed by atoms with Gasteiger partial charge in [0.2, 0.25) is 0 Å². The first-order valence-electron chi connectivity index (χ1n) is 11.2. The monoisotopic (exact) mass is 514 g/mol. The molecular formula is C26H28F6O2Si. The van der Waals surface area contributed by atoms with E-state index in [9.17, 15) is 31.1 Å². The molecule has 0 radical (unpaired) electrons. The fourth-order valence-corrected chi connectivity index (χ4v) is 5.10. The lowest BCUT2D eigenvalue weighted by Gasteiger charge is -2.38. The standard InChI is InChI=1S/C26H28F6O2Si/c1-24(2,3)35(4,5)34-23-12-10-16-13-18(9-11-20(16)23)22(33)15-21(26(30,31)32)17-7-6-8-19(14-17)25(27,28)29/h6-9,11,13-15,23H,10,12H2,1-5H3. The third-order valence-corrected chi connectivity index (χ3v) is 11.3. The van der Waals surface area contributed by atoms with Crippen molar-refractivity contribution >= 4 is 19.7 Å². The number of hydrogen-bond acceptors (Lipinski definition) is 2. The van der Waals surface area contributed by atoms with Crippen LogP contribution in [-0.2, 0) is 17.0 Å². The minimum Gasteiger partial charge on any atom is -0.410 e. The average molecular weight is 515 g/mol. The van der Waals surface area contributed by atoms with Crippen molar-refractivity contribution in [2.24, 2.45) is 0 Å². The molecule has 0 saturated heterocycles. The maximum absolute atomic E-state index is 13.7. The van der Waals surface area contributed by atoms with E-state index in [0.29, 0.717) is 31.1 Å². The zero-order chi connectivity index (χ0) is 26.4. The number of ketones is 1. The van der Waals surface area contributed by atoms with Crippen molar-refractivity contribution in [1.29, 1.82) is 0 Å². The fraction of sp³-hybridized carbons (Fsp3) is 0.423. The Morgan fingerprint density at radius 2 is 1.63 bits per heavy atom. The van der Waals surface area contributed by atoms with Gasteiger partial charge in [0.1, 0.15) is 0 Å². The van der Waals surface area contributed by atoms with Crippen molar-refractivity contribution < 1.29 is 35.6 Å². The third-order valence-electron chi connectivity index (χ3n) is 6.78. The number of allylic oxidation sites excluding steroid dienone is 2. The summed E-state index contributed by atoms with van der Waals surface area (Å²) in [6.07, 6.45) is -8.25. The molecule has 0 aromatic heterocycles. The molecule has 0 saturated carbocycles. The van der Waals surface area contributed by atoms with Crippen molar-refractivity contribution in [3.8, 4) is 0 Å². The van der Waals surface area contributed by atoms with Gasteiger partial charge in [-0.1, -0.05) is 45.0 Å². The average Bonchev–Trinajstić information content (AvgIpc) is 3.11. The van der Waals surface area contributed by atoms with E-state index >= 15 is 0 Å². The van der Waals surface area contributed by atoms with Crippen molar-refractivity contribution in [1.82, 2.24) is 0 Å². The molecule has 0 aliphatic heterocycles. The summed E-state index contributed by atoms with van der Waals surface area (Å²) in [5, 5.41) is 0.00781. The van der Waals surface area contributed by atoms with E-state index in [-0.39, 0.29) is 16.7 Å². The van der Waals surface area contributed by atoms with Gasteiger partial charge < -0.3 is 4.43 Å². The molecule has 190 valence electrons. The highest BCUT2D eigenvalue weighted by molar-refractivity contribution is 6.74. The van der Waals surface area contributed by atoms with Crippen LogP contribution in [0.25, 0.3) is 5.57 Å². The maximum atomic E-state index is 13.7. The van der Waals surface area contributed by atoms with E-state index in [1.165, 1.54) is 6.07 Å². The van der Waals surface area contributed by atoms with E-state index in [2.05, 4.69) is 33.9 Å². The lowest BCUT2D eigenvalue weighted by atomic mass is 9.98. The molecule has 1 aliphatic carbocycles. The van der Waals surface area contributed by atoms with Gasteiger partial charge in [0.25, 0.3) is 0 Å². The minimum absolute atomic E-state index is 0.00781. The van der Waals surface area contributed by atoms with Gasteiger partial charge in [-0.15, -0.1) is 0 Å². The van der Waals surface area contributed by atoms with Gasteiger partial charge in [0.15, 0.2) is 14.1 Å². The molecular weight excluding hydrogens is 486 g/mol. The lowest BCUT2D eigenvalue weighted by molar-refractivity contribution is -0.137. The zero-order valence-electron chi connectivity index (χ0n) is 20.2. The molecule has 0 fully saturated rings. The van der Waals surface area contributed by atoms with Crippen LogP contribution in [0.4, 0.5) is 26.3 Å². The summed E-state index contributed by atoms with van der Waals surface area (Å²) in [5.74, 6) is -0.925. The van der Waals surface area contributed by atoms with Crippen LogP contribution in [-0.4, -0.2) is 20.3 Å². The quantitative estimate of drug-likeness (QED) is 0.173. The Balaban J connectivity index is 1.92. The Morgan fingerprint density at radius 1 is 0.971 bits per heavy atom. The predicted molar refractivity (Wildman–Crippen MR) is 126 cm³/mol. The first-order chi connectivity index (χ1) is 15.9. The van der Waals surface area contributed by atoms with Crippen molar-refractivity contribution in [3.63, 3.8) is 0 Å². The predicted octanol–water partition coefficient (Wildman–Crippen LogP) is 8.54. The molecule has 0 amide bonds. The highest BCUT2D eigenvalue weighted by Gasteiger charge is 2.41. The molecule has 1 atom stereocenters. The van der Waals surface area contributed by atoms with Crippen LogP contribution >= 0.6 is 0 Å². The van der Waals surface area contributed by atoms with Gasteiger partial charge >= 0.3 is 12.4 Å². The summed E-state index contributed by atoms with van der Waals surface area (Å²) >= 11 is 0. The number of carbonyl (C=O) groups excluding carboxylic acids is 1. The summed E-state index contributed by atoms with van der Waals surface area (Å²) < 4.78 is 86.7. The van der Waals surface area contributed by atoms with Gasteiger partial charge in [-0.05, 0) is 71.9 Å². The number of carbonyl (C=O) groups is 1. The Hall–Kier alpha value is -2.39. The van der Waals surface area contributed by atoms with E-state index in [1.807, 2.05) is 0 Å². The molecule has 0 spiro atoms. The van der Waals surface area contributed by atoms with E-state index in [1.54, 1.807) is 12.1 Å². The van der Waals surface area contributed by atoms with Crippen molar-refractivity contribution in [2.45, 2.75) is 70.2 Å². The topological polar surface area (TPSA) is 26.3 Å². The van der Waals surface area contributed by atoms with Crippen LogP contribution in [0.1, 0.15) is 65.9 Å². The molecule has 1 unspecified atom stereocenters. The summed E-state index contributed by atoms with van der Waals surface area (Å²) in [6, 6.07) is 7.60. The van der Waals surface area contributed by atoms with Gasteiger partial charge in [-0.2, -0.15) is 26.3 Å². The molecule has 0 heterocycles. The lowest BCUT2D eigenvalue weighted by Crippen LogP contribution is -2.41. The first-order valence-corrected chi connectivity index (χ1v) is 14.1. The van der Waals surface area contributed by atoms with Gasteiger partial charge in [-0.25, -0.2) is 0 Å². The zero-order valence-corrected chi connectivity index (χ0v) is 21.2. The molecule has 0 bridgehead atoms. The Labute approximate surface area is 202 Å². The van der Waals surface area contributed by atoms with Crippen LogP contribution in [0.5, 0.6) is 0 Å². The summed E-state index contributed by atoms with van der Waals surface area (Å²) in [4.78, 5) is 12.8. The molecule has 2 aromatic rings. The number of aryl methyl sites for hydroxylation is 1. The minimum atomic E-state index is -5.02. The molecule has 2 aromatic carbocycles. The SMILES string of the molecule is CC(C)(C)[Si](C)(C)OC1CCc2cc(C(=O)C=C(c3cccc(C(F)(F)F)c3)C(F)(F)F)ccc21. The molecule has 2 nitrogen and oxygen atoms in total. The Bertz CT molecular complexity index is 1140. The van der Waals surface area contributed by atoms with E-state index in [0.717, 1.165) is 23.3 Å². The first kappa shape index (κ1) is 27.2. The molecule has 9 heteroatoms. The summed E-state index contributed by atoms with van der Waals surface area (Å²) in [7, 11) is -2.05. The second-order valence-corrected chi connectivity index (χ2v) is 15.1. The number of fused-ring (bicyclic) bond motifs is 1. The van der Waals surface area contributed by atoms with Crippen LogP contribution < -0.4 is 0 Å². The van der Waals surface area contributed by atoms with Crippen LogP contribution in [0.15, 0.2) is 48.5 Å². The third kappa shape index (κ3) is 6.06. The van der Waals surface area contributed by atoms with Gasteiger partial charge in [0.05, 0.1) is 17.2 Å². The van der Waals surface area contributed by atoms with Gasteiger partial charge in [-0.3, -0.25) is 4.79 Å². The van der Waals surface area contributed by atoms with E-state index < -0.39 is 43.2 Å². The molecule has 1 aliphatic rings. The normalized spacial score (nSPS) is 17.5. The van der Waals surface area contributed by atoms with Gasteiger partial charge in [0, 0.05) is 5.56 Å². The Morgan fingerprint density at radius 3 is 2.20 bits per heavy atom. The number of halogens is 6. The van der Waals surface area contributed by atoms with Crippen LogP contribution in [0.2, 0.25) is 18.1 Å². The highest BCUT2D eigenvalue weighted by atomic mass is 28.4. The van der Waals surface area contributed by atoms with Crippen molar-refractivity contribution in [2.75, 3.05) is 0 Å². The molecule has 3 rings (SSSR count). The number of hydrogen-bond donors (Lipinski definition) is 0. The molecule has 0 N–H and O–H groups in total. The molecule has 35 heavy (non-hydrogen) atoms. The largest absolute Gasteiger partial charge is 0.417 e. The van der Waals surface area contributed by atoms with E-state index in [4.69, 9.17) is 4.43 Å². The Kier molecular flexibility index (Phi) is 7.18. The summed E-state index contributed by atoms with van der Waals surface area (Å²) in [5.41, 5.74) is -1.56. The fourth-order valence-electron chi connectivity index (χ4n) is 3.79. The second kappa shape index (κ2) is 9.24. The van der Waals surface area contributed by atoms with Crippen LogP contribution in [0, 0.1) is 0 Å². The van der Waals surface area contributed by atoms with Crippen molar-refractivity contribution in [3.05, 3.63) is 76.4 Å². The maximum Gasteiger partial charge on any atom is 0.417 e. The summed E-state index contributed by atoms with van der Waals surface area (Å²) in [6.45, 7) is 10.7.